The molecule has 1 aliphatic heterocycles. The van der Waals surface area contributed by atoms with Crippen molar-refractivity contribution in [2.45, 2.75) is 59.2 Å². The van der Waals surface area contributed by atoms with Crippen molar-refractivity contribution in [1.29, 1.82) is 0 Å². The molecule has 31 heavy (non-hydrogen) atoms. The van der Waals surface area contributed by atoms with Gasteiger partial charge in [-0.3, -0.25) is 9.78 Å². The molecule has 3 heterocycles. The number of aryl methyl sites for hydroxylation is 1. The number of aromatic nitrogens is 3. The third-order valence-corrected chi connectivity index (χ3v) is 4.76. The second-order valence-electron chi connectivity index (χ2n) is 8.59. The molecule has 166 valence electrons. The van der Waals surface area contributed by atoms with Crippen molar-refractivity contribution >= 4 is 23.4 Å². The Balaban J connectivity index is 1.57. The van der Waals surface area contributed by atoms with Crippen LogP contribution in [0.5, 0.6) is 5.88 Å². The average Bonchev–Trinajstić information content (AvgIpc) is 2.69. The predicted molar refractivity (Wildman–Crippen MR) is 116 cm³/mol. The summed E-state index contributed by atoms with van der Waals surface area (Å²) in [7, 11) is 0. The molecule has 1 saturated heterocycles. The number of carbonyl (C=O) groups is 2. The summed E-state index contributed by atoms with van der Waals surface area (Å²) in [5, 5.41) is 3.19. The number of hydrogen-bond donors (Lipinski definition) is 1. The molecule has 0 aliphatic carbocycles. The van der Waals surface area contributed by atoms with E-state index in [1.54, 1.807) is 23.2 Å². The second kappa shape index (κ2) is 9.28. The Hall–Kier alpha value is -3.23. The molecule has 0 saturated carbocycles. The van der Waals surface area contributed by atoms with Crippen molar-refractivity contribution in [1.82, 2.24) is 19.9 Å². The highest BCUT2D eigenvalue weighted by Crippen LogP contribution is 2.23. The van der Waals surface area contributed by atoms with Crippen LogP contribution in [-0.2, 0) is 4.74 Å². The highest BCUT2D eigenvalue weighted by molar-refractivity contribution is 5.92. The lowest BCUT2D eigenvalue weighted by Gasteiger charge is -2.33. The number of hydrogen-bond acceptors (Lipinski definition) is 8. The van der Waals surface area contributed by atoms with E-state index in [0.29, 0.717) is 43.3 Å². The van der Waals surface area contributed by atoms with Crippen LogP contribution in [0, 0.1) is 6.92 Å². The Labute approximate surface area is 182 Å². The number of piperidine rings is 1. The molecule has 1 N–H and O–H groups in total. The molecule has 3 rings (SSSR count). The number of Topliss-reactive ketones (excluding diaryl/α,β-unsaturated/α-hetero) is 1. The molecule has 1 aliphatic rings. The SMILES string of the molecule is CC(=O)c1cc(C)c(Nc2cc(OC3CCN(C(=O)OC(C)(C)C)CC3)ncn2)cn1. The van der Waals surface area contributed by atoms with Crippen molar-refractivity contribution < 1.29 is 19.1 Å². The molecule has 0 atom stereocenters. The maximum absolute atomic E-state index is 12.2. The summed E-state index contributed by atoms with van der Waals surface area (Å²) in [6, 6.07) is 3.46. The van der Waals surface area contributed by atoms with Crippen LogP contribution in [0.25, 0.3) is 0 Å². The summed E-state index contributed by atoms with van der Waals surface area (Å²) in [5.41, 5.74) is 1.55. The number of pyridine rings is 1. The van der Waals surface area contributed by atoms with Crippen LogP contribution in [0.2, 0.25) is 0 Å². The molecule has 1 amide bonds. The fourth-order valence-corrected chi connectivity index (χ4v) is 3.14. The van der Waals surface area contributed by atoms with Crippen molar-refractivity contribution in [2.75, 3.05) is 18.4 Å². The maximum Gasteiger partial charge on any atom is 0.410 e. The smallest absolute Gasteiger partial charge is 0.410 e. The molecule has 0 unspecified atom stereocenters. The van der Waals surface area contributed by atoms with Crippen LogP contribution in [0.15, 0.2) is 24.7 Å². The highest BCUT2D eigenvalue weighted by Gasteiger charge is 2.27. The number of nitrogens with zero attached hydrogens (tertiary/aromatic N) is 4. The average molecular weight is 428 g/mol. The van der Waals surface area contributed by atoms with Gasteiger partial charge in [-0.1, -0.05) is 0 Å². The van der Waals surface area contributed by atoms with Crippen LogP contribution in [0.4, 0.5) is 16.3 Å². The van der Waals surface area contributed by atoms with Gasteiger partial charge in [-0.2, -0.15) is 0 Å². The predicted octanol–water partition coefficient (Wildman–Crippen LogP) is 3.90. The summed E-state index contributed by atoms with van der Waals surface area (Å²) in [4.78, 5) is 38.0. The van der Waals surface area contributed by atoms with Gasteiger partial charge in [-0.05, 0) is 39.3 Å². The molecule has 2 aromatic heterocycles. The Kier molecular flexibility index (Phi) is 6.72. The van der Waals surface area contributed by atoms with Crippen LogP contribution >= 0.6 is 0 Å². The topological polar surface area (TPSA) is 107 Å². The van der Waals surface area contributed by atoms with Crippen LogP contribution in [0.3, 0.4) is 0 Å². The van der Waals surface area contributed by atoms with Crippen molar-refractivity contribution in [2.24, 2.45) is 0 Å². The van der Waals surface area contributed by atoms with Crippen LogP contribution in [0.1, 0.15) is 56.6 Å². The summed E-state index contributed by atoms with van der Waals surface area (Å²) in [6.45, 7) is 10.1. The zero-order chi connectivity index (χ0) is 22.6. The fraction of sp³-hybridized carbons (Fsp3) is 0.500. The zero-order valence-electron chi connectivity index (χ0n) is 18.6. The van der Waals surface area contributed by atoms with Gasteiger partial charge in [0.25, 0.3) is 0 Å². The van der Waals surface area contributed by atoms with Crippen LogP contribution in [-0.4, -0.2) is 56.5 Å². The summed E-state index contributed by atoms with van der Waals surface area (Å²) >= 11 is 0. The number of amides is 1. The number of anilines is 2. The number of rotatable bonds is 5. The Morgan fingerprint density at radius 1 is 1.13 bits per heavy atom. The van der Waals surface area contributed by atoms with Gasteiger partial charge < -0.3 is 19.7 Å². The van der Waals surface area contributed by atoms with Crippen molar-refractivity contribution in [3.63, 3.8) is 0 Å². The van der Waals surface area contributed by atoms with Gasteiger partial charge in [0.05, 0.1) is 11.9 Å². The van der Waals surface area contributed by atoms with E-state index >= 15 is 0 Å². The zero-order valence-corrected chi connectivity index (χ0v) is 18.6. The van der Waals surface area contributed by atoms with Crippen LogP contribution < -0.4 is 10.1 Å². The third kappa shape index (κ3) is 6.37. The minimum Gasteiger partial charge on any atom is -0.474 e. The monoisotopic (exact) mass is 427 g/mol. The number of ketones is 1. The molecule has 0 radical (unpaired) electrons. The fourth-order valence-electron chi connectivity index (χ4n) is 3.14. The third-order valence-electron chi connectivity index (χ3n) is 4.76. The van der Waals surface area contributed by atoms with Gasteiger partial charge in [0, 0.05) is 38.9 Å². The highest BCUT2D eigenvalue weighted by atomic mass is 16.6. The van der Waals surface area contributed by atoms with E-state index in [-0.39, 0.29) is 18.0 Å². The molecule has 1 fully saturated rings. The van der Waals surface area contributed by atoms with Gasteiger partial charge >= 0.3 is 6.09 Å². The van der Waals surface area contributed by atoms with E-state index in [4.69, 9.17) is 9.47 Å². The quantitative estimate of drug-likeness (QED) is 0.716. The Morgan fingerprint density at radius 2 is 1.84 bits per heavy atom. The molecular formula is C22H29N5O4. The Bertz CT molecular complexity index is 949. The van der Waals surface area contributed by atoms with Gasteiger partial charge in [-0.25, -0.2) is 14.8 Å². The summed E-state index contributed by atoms with van der Waals surface area (Å²) < 4.78 is 11.4. The van der Waals surface area contributed by atoms with Gasteiger partial charge in [0.15, 0.2) is 5.78 Å². The molecule has 9 heteroatoms. The van der Waals surface area contributed by atoms with E-state index in [1.165, 1.54) is 13.3 Å². The first kappa shape index (κ1) is 22.5. The first-order valence-corrected chi connectivity index (χ1v) is 10.3. The summed E-state index contributed by atoms with van der Waals surface area (Å²) in [5.74, 6) is 0.945. The number of carbonyl (C=O) groups excluding carboxylic acids is 2. The van der Waals surface area contributed by atoms with E-state index in [9.17, 15) is 9.59 Å². The number of nitrogens with one attached hydrogen (secondary N) is 1. The van der Waals surface area contributed by atoms with Gasteiger partial charge in [0.1, 0.15) is 29.5 Å². The lowest BCUT2D eigenvalue weighted by molar-refractivity contribution is 0.0123. The second-order valence-corrected chi connectivity index (χ2v) is 8.59. The van der Waals surface area contributed by atoms with Crippen molar-refractivity contribution in [3.05, 3.63) is 35.9 Å². The largest absolute Gasteiger partial charge is 0.474 e. The summed E-state index contributed by atoms with van der Waals surface area (Å²) in [6.07, 6.45) is 4.10. The molecule has 0 aromatic carbocycles. The minimum atomic E-state index is -0.505. The Morgan fingerprint density at radius 3 is 2.45 bits per heavy atom. The first-order chi connectivity index (χ1) is 14.6. The first-order valence-electron chi connectivity index (χ1n) is 10.3. The van der Waals surface area contributed by atoms with E-state index in [2.05, 4.69) is 20.3 Å². The van der Waals surface area contributed by atoms with E-state index in [1.807, 2.05) is 27.7 Å². The molecule has 9 nitrogen and oxygen atoms in total. The molecule has 0 spiro atoms. The number of likely N-dealkylation sites (tertiary alicyclic amines) is 1. The minimum absolute atomic E-state index is 0.0420. The normalized spacial score (nSPS) is 14.8. The van der Waals surface area contributed by atoms with Gasteiger partial charge in [0.2, 0.25) is 5.88 Å². The lowest BCUT2D eigenvalue weighted by atomic mass is 10.1. The van der Waals surface area contributed by atoms with E-state index < -0.39 is 5.60 Å². The number of ether oxygens (including phenoxy) is 2. The lowest BCUT2D eigenvalue weighted by Crippen LogP contribution is -2.44. The maximum atomic E-state index is 12.2. The standard InChI is InChI=1S/C22H29N5O4/c1-14-10-17(15(2)28)23-12-18(14)26-19-11-20(25-13-24-19)30-16-6-8-27(9-7-16)21(29)31-22(3,4)5/h10-13,16H,6-9H2,1-5H3,(H,24,25,26). The van der Waals surface area contributed by atoms with E-state index in [0.717, 1.165) is 11.3 Å². The molecule has 2 aromatic rings. The van der Waals surface area contributed by atoms with Crippen molar-refractivity contribution in [3.8, 4) is 5.88 Å². The van der Waals surface area contributed by atoms with Gasteiger partial charge in [-0.15, -0.1) is 0 Å². The molecular weight excluding hydrogens is 398 g/mol. The molecule has 0 bridgehead atoms.